The molecule has 0 radical (unpaired) electrons. The summed E-state index contributed by atoms with van der Waals surface area (Å²) in [5, 5.41) is 2.85. The summed E-state index contributed by atoms with van der Waals surface area (Å²) in [5.41, 5.74) is 7.88. The number of allylic oxidation sites excluding steroid dienone is 1. The van der Waals surface area contributed by atoms with Crippen LogP contribution in [-0.2, 0) is 11.3 Å². The number of carbonyl (C=O) groups excluding carboxylic acids is 2. The summed E-state index contributed by atoms with van der Waals surface area (Å²) in [5.74, 6) is -0.679. The zero-order chi connectivity index (χ0) is 16.0. The standard InChI is InChI=1S/C16H23N3O2/c1-5-6-11(2)16(21)18-14-9-12(15(17)20)7-8-13(14)10-19(3)4/h6-9H,5,10H2,1-4H3,(H2,17,20)(H,18,21)/b11-6-. The maximum absolute atomic E-state index is 12.1. The van der Waals surface area contributed by atoms with Gasteiger partial charge in [-0.15, -0.1) is 0 Å². The molecule has 1 aromatic carbocycles. The van der Waals surface area contributed by atoms with Crippen molar-refractivity contribution >= 4 is 17.5 Å². The van der Waals surface area contributed by atoms with Crippen molar-refractivity contribution in [3.8, 4) is 0 Å². The minimum absolute atomic E-state index is 0.168. The Kier molecular flexibility index (Phi) is 6.11. The van der Waals surface area contributed by atoms with Crippen LogP contribution in [0.5, 0.6) is 0 Å². The van der Waals surface area contributed by atoms with E-state index in [1.807, 2.05) is 38.1 Å². The van der Waals surface area contributed by atoms with Crippen molar-refractivity contribution in [3.63, 3.8) is 0 Å². The number of anilines is 1. The van der Waals surface area contributed by atoms with Gasteiger partial charge in [0.25, 0.3) is 5.91 Å². The lowest BCUT2D eigenvalue weighted by atomic mass is 10.1. The molecule has 1 aromatic rings. The van der Waals surface area contributed by atoms with Gasteiger partial charge in [0.2, 0.25) is 5.91 Å². The van der Waals surface area contributed by atoms with Crippen LogP contribution in [0.4, 0.5) is 5.69 Å². The van der Waals surface area contributed by atoms with Crippen LogP contribution in [0.1, 0.15) is 36.2 Å². The third-order valence-corrected chi connectivity index (χ3v) is 3.00. The van der Waals surface area contributed by atoms with Gasteiger partial charge in [-0.2, -0.15) is 0 Å². The summed E-state index contributed by atoms with van der Waals surface area (Å²) in [6.45, 7) is 4.40. The highest BCUT2D eigenvalue weighted by molar-refractivity contribution is 6.04. The van der Waals surface area contributed by atoms with Crippen molar-refractivity contribution in [1.82, 2.24) is 4.90 Å². The van der Waals surface area contributed by atoms with Gasteiger partial charge in [-0.25, -0.2) is 0 Å². The molecule has 0 fully saturated rings. The molecular formula is C16H23N3O2. The monoisotopic (exact) mass is 289 g/mol. The van der Waals surface area contributed by atoms with Crippen LogP contribution in [0.25, 0.3) is 0 Å². The predicted octanol–water partition coefficient (Wildman–Crippen LogP) is 2.14. The number of rotatable bonds is 6. The first-order valence-electron chi connectivity index (χ1n) is 6.90. The SMILES string of the molecule is CC/C=C(/C)C(=O)Nc1cc(C(N)=O)ccc1CN(C)C. The molecular weight excluding hydrogens is 266 g/mol. The molecule has 2 amide bonds. The van der Waals surface area contributed by atoms with Crippen LogP contribution in [0, 0.1) is 0 Å². The minimum atomic E-state index is -0.511. The first-order valence-corrected chi connectivity index (χ1v) is 6.90. The van der Waals surface area contributed by atoms with E-state index in [0.717, 1.165) is 12.0 Å². The van der Waals surface area contributed by atoms with Gasteiger partial charge < -0.3 is 16.0 Å². The molecule has 5 heteroatoms. The van der Waals surface area contributed by atoms with Crippen molar-refractivity contribution in [3.05, 3.63) is 41.0 Å². The number of nitrogens with two attached hydrogens (primary N) is 1. The summed E-state index contributed by atoms with van der Waals surface area (Å²) in [6.07, 6.45) is 2.66. The van der Waals surface area contributed by atoms with Crippen LogP contribution in [0.3, 0.4) is 0 Å². The molecule has 21 heavy (non-hydrogen) atoms. The predicted molar refractivity (Wildman–Crippen MR) is 85.0 cm³/mol. The molecule has 0 saturated heterocycles. The molecule has 0 bridgehead atoms. The Morgan fingerprint density at radius 2 is 2.00 bits per heavy atom. The van der Waals surface area contributed by atoms with Gasteiger partial charge in [-0.3, -0.25) is 9.59 Å². The molecule has 5 nitrogen and oxygen atoms in total. The van der Waals surface area contributed by atoms with E-state index in [1.165, 1.54) is 0 Å². The molecule has 0 aromatic heterocycles. The van der Waals surface area contributed by atoms with Gasteiger partial charge in [0.05, 0.1) is 0 Å². The molecule has 0 aliphatic rings. The third kappa shape index (κ3) is 5.04. The summed E-state index contributed by atoms with van der Waals surface area (Å²) < 4.78 is 0. The number of hydrogen-bond acceptors (Lipinski definition) is 3. The molecule has 1 rings (SSSR count). The van der Waals surface area contributed by atoms with Crippen LogP contribution in [0.2, 0.25) is 0 Å². The quantitative estimate of drug-likeness (QED) is 0.788. The number of nitrogens with zero attached hydrogens (tertiary/aromatic N) is 1. The zero-order valence-electron chi connectivity index (χ0n) is 13.1. The van der Waals surface area contributed by atoms with Crippen LogP contribution < -0.4 is 11.1 Å². The average Bonchev–Trinajstić information content (AvgIpc) is 2.40. The van der Waals surface area contributed by atoms with E-state index in [-0.39, 0.29) is 5.91 Å². The molecule has 0 saturated carbocycles. The largest absolute Gasteiger partial charge is 0.366 e. The van der Waals surface area contributed by atoms with Gasteiger partial charge in [-0.1, -0.05) is 19.1 Å². The fourth-order valence-corrected chi connectivity index (χ4v) is 1.94. The number of nitrogens with one attached hydrogen (secondary N) is 1. The first-order chi connectivity index (χ1) is 9.85. The normalized spacial score (nSPS) is 11.6. The Balaban J connectivity index is 3.11. The van der Waals surface area contributed by atoms with E-state index in [2.05, 4.69) is 5.32 Å². The molecule has 3 N–H and O–H groups in total. The fraction of sp³-hybridized carbons (Fsp3) is 0.375. The van der Waals surface area contributed by atoms with Crippen LogP contribution in [-0.4, -0.2) is 30.8 Å². The van der Waals surface area contributed by atoms with Gasteiger partial charge in [-0.05, 0) is 45.1 Å². The van der Waals surface area contributed by atoms with E-state index >= 15 is 0 Å². The molecule has 114 valence electrons. The summed E-state index contributed by atoms with van der Waals surface area (Å²) in [6, 6.07) is 5.11. The van der Waals surface area contributed by atoms with Gasteiger partial charge in [0, 0.05) is 23.4 Å². The second kappa shape index (κ2) is 7.59. The van der Waals surface area contributed by atoms with Crippen molar-refractivity contribution in [2.75, 3.05) is 19.4 Å². The van der Waals surface area contributed by atoms with E-state index in [1.54, 1.807) is 19.1 Å². The van der Waals surface area contributed by atoms with Crippen molar-refractivity contribution < 1.29 is 9.59 Å². The average molecular weight is 289 g/mol. The molecule has 0 aliphatic heterocycles. The minimum Gasteiger partial charge on any atom is -0.366 e. The molecule has 0 heterocycles. The number of carbonyl (C=O) groups is 2. The molecule has 0 spiro atoms. The lowest BCUT2D eigenvalue weighted by molar-refractivity contribution is -0.112. The first kappa shape index (κ1) is 16.9. The zero-order valence-corrected chi connectivity index (χ0v) is 13.1. The highest BCUT2D eigenvalue weighted by atomic mass is 16.2. The Morgan fingerprint density at radius 1 is 1.33 bits per heavy atom. The number of primary amides is 1. The molecule has 0 unspecified atom stereocenters. The van der Waals surface area contributed by atoms with Crippen molar-refractivity contribution in [2.24, 2.45) is 5.73 Å². The lowest BCUT2D eigenvalue weighted by Gasteiger charge is -2.16. The van der Waals surface area contributed by atoms with Gasteiger partial charge in [0.1, 0.15) is 0 Å². The Bertz CT molecular complexity index is 563. The Hall–Kier alpha value is -2.14. The molecule has 0 aliphatic carbocycles. The van der Waals surface area contributed by atoms with E-state index in [0.29, 0.717) is 23.4 Å². The van der Waals surface area contributed by atoms with Gasteiger partial charge in [0.15, 0.2) is 0 Å². The molecule has 0 atom stereocenters. The highest BCUT2D eigenvalue weighted by Gasteiger charge is 2.11. The van der Waals surface area contributed by atoms with E-state index in [9.17, 15) is 9.59 Å². The van der Waals surface area contributed by atoms with Crippen LogP contribution >= 0.6 is 0 Å². The van der Waals surface area contributed by atoms with Crippen molar-refractivity contribution in [1.29, 1.82) is 0 Å². The second-order valence-corrected chi connectivity index (χ2v) is 5.22. The van der Waals surface area contributed by atoms with Crippen molar-refractivity contribution in [2.45, 2.75) is 26.8 Å². The fourth-order valence-electron chi connectivity index (χ4n) is 1.94. The maximum atomic E-state index is 12.1. The second-order valence-electron chi connectivity index (χ2n) is 5.22. The van der Waals surface area contributed by atoms with Crippen LogP contribution in [0.15, 0.2) is 29.8 Å². The smallest absolute Gasteiger partial charge is 0.250 e. The summed E-state index contributed by atoms with van der Waals surface area (Å²) in [7, 11) is 3.88. The summed E-state index contributed by atoms with van der Waals surface area (Å²) >= 11 is 0. The lowest BCUT2D eigenvalue weighted by Crippen LogP contribution is -2.19. The highest BCUT2D eigenvalue weighted by Crippen LogP contribution is 2.20. The summed E-state index contributed by atoms with van der Waals surface area (Å²) in [4.78, 5) is 25.4. The topological polar surface area (TPSA) is 75.4 Å². The maximum Gasteiger partial charge on any atom is 0.250 e. The Morgan fingerprint density at radius 3 is 2.52 bits per heavy atom. The number of benzene rings is 1. The number of hydrogen-bond donors (Lipinski definition) is 2. The number of amides is 2. The van der Waals surface area contributed by atoms with E-state index in [4.69, 9.17) is 5.73 Å². The van der Waals surface area contributed by atoms with Gasteiger partial charge >= 0.3 is 0 Å². The Labute approximate surface area is 125 Å². The van der Waals surface area contributed by atoms with E-state index < -0.39 is 5.91 Å². The third-order valence-electron chi connectivity index (χ3n) is 3.00.